The van der Waals surface area contributed by atoms with Crippen molar-refractivity contribution < 1.29 is 25.2 Å². The van der Waals surface area contributed by atoms with Gasteiger partial charge in [-0.3, -0.25) is 4.79 Å². The van der Waals surface area contributed by atoms with Crippen molar-refractivity contribution in [2.45, 2.75) is 28.9 Å². The van der Waals surface area contributed by atoms with Gasteiger partial charge < -0.3 is 25.7 Å². The highest BCUT2D eigenvalue weighted by Gasteiger charge is 2.43. The molecular weight excluding hydrogens is 264 g/mol. The van der Waals surface area contributed by atoms with Gasteiger partial charge in [0.05, 0.1) is 24.0 Å². The molecule has 0 aromatic carbocycles. The normalized spacial score (nSPS) is 35.7. The lowest BCUT2D eigenvalue weighted by Gasteiger charge is -2.39. The van der Waals surface area contributed by atoms with Gasteiger partial charge >= 0.3 is 0 Å². The van der Waals surface area contributed by atoms with E-state index in [1.165, 1.54) is 0 Å². The molecule has 1 saturated heterocycles. The zero-order valence-corrected chi connectivity index (χ0v) is 10.1. The molecule has 0 aromatic heterocycles. The molecule has 0 bridgehead atoms. The second-order valence-electron chi connectivity index (χ2n) is 3.71. The Hall–Kier alpha value is -1.03. The van der Waals surface area contributed by atoms with E-state index in [1.54, 1.807) is 0 Å². The minimum absolute atomic E-state index is 0.403. The van der Waals surface area contributed by atoms with Crippen molar-refractivity contribution in [2.75, 3.05) is 13.2 Å². The number of thioether (sulfide) groups is 1. The van der Waals surface area contributed by atoms with Crippen molar-refractivity contribution in [1.29, 1.82) is 0 Å². The van der Waals surface area contributed by atoms with E-state index >= 15 is 0 Å². The Labute approximate surface area is 106 Å². The van der Waals surface area contributed by atoms with Gasteiger partial charge in [0, 0.05) is 4.91 Å². The van der Waals surface area contributed by atoms with Gasteiger partial charge in [-0.25, -0.2) is 0 Å². The predicted molar refractivity (Wildman–Crippen MR) is 62.4 cm³/mol. The molecule has 0 spiro atoms. The van der Waals surface area contributed by atoms with E-state index in [0.717, 1.165) is 11.8 Å². The summed E-state index contributed by atoms with van der Waals surface area (Å²) in [6.45, 7) is -0.865. The van der Waals surface area contributed by atoms with Crippen molar-refractivity contribution in [3.05, 3.63) is 10.4 Å². The topological polar surface area (TPSA) is 159 Å². The second-order valence-corrected chi connectivity index (χ2v) is 5.07. The molecule has 5 atom stereocenters. The average Bonchev–Trinajstić information content (AvgIpc) is 2.36. The summed E-state index contributed by atoms with van der Waals surface area (Å²) in [5.41, 5.74) is 6.87. The first kappa shape index (κ1) is 15.0. The Morgan fingerprint density at radius 2 is 2.06 bits per heavy atom. The van der Waals surface area contributed by atoms with Crippen LogP contribution in [0, 0.1) is 0 Å². The molecule has 18 heavy (non-hydrogen) atoms. The maximum Gasteiger partial charge on any atom is 0.226 e. The summed E-state index contributed by atoms with van der Waals surface area (Å²) in [5.74, 6) is -0.675. The van der Waals surface area contributed by atoms with E-state index in [1.807, 2.05) is 0 Å². The van der Waals surface area contributed by atoms with Crippen LogP contribution in [0.2, 0.25) is 0 Å². The van der Waals surface area contributed by atoms with Crippen LogP contribution in [0.25, 0.3) is 10.4 Å². The number of nitrogens with one attached hydrogen (secondary N) is 1. The van der Waals surface area contributed by atoms with Crippen LogP contribution < -0.4 is 5.32 Å². The van der Waals surface area contributed by atoms with Crippen LogP contribution in [0.1, 0.15) is 0 Å². The lowest BCUT2D eigenvalue weighted by Crippen LogP contribution is -2.60. The van der Waals surface area contributed by atoms with Crippen LogP contribution in [0.5, 0.6) is 0 Å². The molecule has 1 amide bonds. The van der Waals surface area contributed by atoms with E-state index in [-0.39, 0.29) is 0 Å². The highest BCUT2D eigenvalue weighted by molar-refractivity contribution is 8.00. The molecule has 1 unspecified atom stereocenters. The monoisotopic (exact) mass is 278 g/mol. The first-order valence-corrected chi connectivity index (χ1v) is 6.06. The first-order valence-electron chi connectivity index (χ1n) is 5.12. The van der Waals surface area contributed by atoms with Gasteiger partial charge in [-0.05, 0) is 5.53 Å². The molecule has 9 nitrogen and oxygen atoms in total. The summed E-state index contributed by atoms with van der Waals surface area (Å²) in [5, 5.41) is 42.6. The second kappa shape index (κ2) is 6.78. The number of rotatable bonds is 4. The lowest BCUT2D eigenvalue weighted by atomic mass is 10.0. The zero-order chi connectivity index (χ0) is 13.7. The summed E-state index contributed by atoms with van der Waals surface area (Å²) in [6, 6.07) is -1.09. The maximum absolute atomic E-state index is 11.3. The fourth-order valence-electron chi connectivity index (χ4n) is 1.58. The van der Waals surface area contributed by atoms with Crippen molar-refractivity contribution in [2.24, 2.45) is 5.11 Å². The van der Waals surface area contributed by atoms with E-state index in [0.29, 0.717) is 0 Å². The third kappa shape index (κ3) is 3.48. The lowest BCUT2D eigenvalue weighted by molar-refractivity contribution is -0.123. The van der Waals surface area contributed by atoms with Gasteiger partial charge in [-0.2, -0.15) is 0 Å². The Morgan fingerprint density at radius 1 is 1.39 bits per heavy atom. The highest BCUT2D eigenvalue weighted by atomic mass is 32.2. The number of hydrogen-bond acceptors (Lipinski definition) is 7. The molecule has 102 valence electrons. The summed E-state index contributed by atoms with van der Waals surface area (Å²) < 4.78 is 0. The van der Waals surface area contributed by atoms with Crippen LogP contribution in [-0.4, -0.2) is 68.4 Å². The van der Waals surface area contributed by atoms with Crippen LogP contribution in [-0.2, 0) is 4.79 Å². The molecule has 0 aliphatic carbocycles. The number of carbonyl (C=O) groups is 1. The smallest absolute Gasteiger partial charge is 0.226 e. The quantitative estimate of drug-likeness (QED) is 0.226. The molecule has 0 radical (unpaired) electrons. The Kier molecular flexibility index (Phi) is 5.66. The van der Waals surface area contributed by atoms with Crippen molar-refractivity contribution in [3.63, 3.8) is 0 Å². The molecule has 1 aliphatic rings. The average molecular weight is 278 g/mol. The zero-order valence-electron chi connectivity index (χ0n) is 9.25. The minimum atomic E-state index is -1.41. The number of carbonyl (C=O) groups excluding carboxylic acids is 1. The minimum Gasteiger partial charge on any atom is -0.395 e. The third-order valence-corrected chi connectivity index (χ3v) is 3.85. The number of hydrogen-bond donors (Lipinski definition) is 5. The molecule has 1 rings (SSSR count). The standard InChI is InChI=1S/C8H14N4O5S/c9-12-10-1-4(14)11-5-7(16)6(15)3(2-13)18-8(5)17/h3,5-8,13,15-17H,1-2H2,(H,11,14)/t3-,5-,6-,7-,8?/m1/s1. The molecule has 1 aliphatic heterocycles. The Balaban J connectivity index is 2.64. The number of aliphatic hydroxyl groups is 4. The fraction of sp³-hybridized carbons (Fsp3) is 0.875. The van der Waals surface area contributed by atoms with Gasteiger partial charge in [0.15, 0.2) is 0 Å². The van der Waals surface area contributed by atoms with E-state index in [2.05, 4.69) is 15.3 Å². The van der Waals surface area contributed by atoms with Crippen LogP contribution >= 0.6 is 11.8 Å². The molecular formula is C8H14N4O5S. The van der Waals surface area contributed by atoms with Gasteiger partial charge in [-0.15, -0.1) is 11.8 Å². The predicted octanol–water partition coefficient (Wildman–Crippen LogP) is -2.07. The first-order chi connectivity index (χ1) is 8.51. The van der Waals surface area contributed by atoms with E-state index in [9.17, 15) is 20.1 Å². The highest BCUT2D eigenvalue weighted by Crippen LogP contribution is 2.31. The van der Waals surface area contributed by atoms with Crippen LogP contribution in [0.4, 0.5) is 0 Å². The van der Waals surface area contributed by atoms with Gasteiger partial charge in [0.25, 0.3) is 0 Å². The fourth-order valence-corrected chi connectivity index (χ4v) is 2.74. The summed E-state index contributed by atoms with van der Waals surface area (Å²) in [7, 11) is 0. The van der Waals surface area contributed by atoms with Crippen LogP contribution in [0.15, 0.2) is 5.11 Å². The Morgan fingerprint density at radius 3 is 2.61 bits per heavy atom. The van der Waals surface area contributed by atoms with Crippen molar-refractivity contribution >= 4 is 17.7 Å². The largest absolute Gasteiger partial charge is 0.395 e. The Bertz CT molecular complexity index is 350. The molecule has 10 heteroatoms. The van der Waals surface area contributed by atoms with Crippen molar-refractivity contribution in [3.8, 4) is 0 Å². The molecule has 5 N–H and O–H groups in total. The van der Waals surface area contributed by atoms with Gasteiger partial charge in [-0.1, -0.05) is 5.11 Å². The van der Waals surface area contributed by atoms with E-state index < -0.39 is 48.0 Å². The van der Waals surface area contributed by atoms with Crippen LogP contribution in [0.3, 0.4) is 0 Å². The number of aliphatic hydroxyl groups excluding tert-OH is 4. The molecule has 1 fully saturated rings. The third-order valence-electron chi connectivity index (χ3n) is 2.51. The van der Waals surface area contributed by atoms with E-state index in [4.69, 9.17) is 10.6 Å². The van der Waals surface area contributed by atoms with Gasteiger partial charge in [0.2, 0.25) is 5.91 Å². The van der Waals surface area contributed by atoms with Gasteiger partial charge in [0.1, 0.15) is 18.1 Å². The van der Waals surface area contributed by atoms with Crippen molar-refractivity contribution in [1.82, 2.24) is 5.32 Å². The molecule has 0 aromatic rings. The number of amides is 1. The molecule has 1 heterocycles. The summed E-state index contributed by atoms with van der Waals surface area (Å²) >= 11 is 0.850. The summed E-state index contributed by atoms with van der Waals surface area (Å²) in [6.07, 6.45) is -2.68. The number of azide groups is 1. The number of nitrogens with zero attached hydrogens (tertiary/aromatic N) is 3. The maximum atomic E-state index is 11.3. The SMILES string of the molecule is [N-]=[N+]=NCC(=O)N[C@H]1C(O)S[C@H](CO)[C@@H](O)[C@@H]1O. The molecule has 0 saturated carbocycles. The summed E-state index contributed by atoms with van der Waals surface area (Å²) in [4.78, 5) is 13.7.